The Kier molecular flexibility index (Phi) is 5.71. The lowest BCUT2D eigenvalue weighted by Gasteiger charge is -2.29. The van der Waals surface area contributed by atoms with Crippen LogP contribution in [0.3, 0.4) is 0 Å². The van der Waals surface area contributed by atoms with Crippen LogP contribution >= 0.6 is 11.6 Å². The molecule has 0 saturated carbocycles. The smallest absolute Gasteiger partial charge is 0.346 e. The monoisotopic (exact) mass is 403 g/mol. The minimum absolute atomic E-state index is 0.0929. The highest BCUT2D eigenvalue weighted by molar-refractivity contribution is 6.33. The molecular weight excluding hydrogens is 378 g/mol. The van der Waals surface area contributed by atoms with Gasteiger partial charge in [-0.2, -0.15) is 5.10 Å². The van der Waals surface area contributed by atoms with Gasteiger partial charge in [0.15, 0.2) is 0 Å². The molecule has 150 valence electrons. The molecular formula is C20H26ClN5O2. The number of fused-ring (bicyclic) bond motifs is 1. The van der Waals surface area contributed by atoms with E-state index in [0.717, 1.165) is 50.3 Å². The molecule has 0 bridgehead atoms. The molecule has 0 spiro atoms. The molecule has 4 rings (SSSR count). The van der Waals surface area contributed by atoms with Gasteiger partial charge in [-0.15, -0.1) is 0 Å². The summed E-state index contributed by atoms with van der Waals surface area (Å²) < 4.78 is 2.96. The Morgan fingerprint density at radius 2 is 1.82 bits per heavy atom. The number of hydrogen-bond donors (Lipinski definition) is 1. The van der Waals surface area contributed by atoms with Crippen LogP contribution in [0.25, 0.3) is 0 Å². The predicted octanol–water partition coefficient (Wildman–Crippen LogP) is 3.05. The molecule has 1 aromatic heterocycles. The molecule has 3 heterocycles. The number of amides is 1. The maximum Gasteiger partial charge on any atom is 0.346 e. The average molecular weight is 404 g/mol. The van der Waals surface area contributed by atoms with Crippen molar-refractivity contribution in [2.45, 2.75) is 58.0 Å². The molecule has 0 aliphatic carbocycles. The SMILES string of the molecule is O=C(Cn1nc2n(c1=O)CCCCC2)Nc1ccc(N2CCCCC2)c(Cl)c1. The molecule has 0 unspecified atom stereocenters. The highest BCUT2D eigenvalue weighted by atomic mass is 35.5. The van der Waals surface area contributed by atoms with Crippen LogP contribution in [0, 0.1) is 0 Å². The number of halogens is 1. The zero-order chi connectivity index (χ0) is 19.5. The number of aryl methyl sites for hydroxylation is 1. The molecule has 2 aliphatic rings. The van der Waals surface area contributed by atoms with E-state index in [4.69, 9.17) is 11.6 Å². The molecule has 1 fully saturated rings. The van der Waals surface area contributed by atoms with E-state index in [-0.39, 0.29) is 18.1 Å². The third-order valence-electron chi connectivity index (χ3n) is 5.50. The summed E-state index contributed by atoms with van der Waals surface area (Å²) in [5.41, 5.74) is 1.43. The minimum atomic E-state index is -0.280. The molecule has 2 aromatic rings. The lowest BCUT2D eigenvalue weighted by Crippen LogP contribution is -2.30. The maximum atomic E-state index is 12.5. The zero-order valence-electron chi connectivity index (χ0n) is 16.0. The van der Waals surface area contributed by atoms with E-state index < -0.39 is 0 Å². The number of rotatable bonds is 4. The zero-order valence-corrected chi connectivity index (χ0v) is 16.7. The molecule has 1 N–H and O–H groups in total. The molecule has 1 saturated heterocycles. The third kappa shape index (κ3) is 4.09. The lowest BCUT2D eigenvalue weighted by molar-refractivity contribution is -0.117. The van der Waals surface area contributed by atoms with Crippen molar-refractivity contribution in [3.63, 3.8) is 0 Å². The fourth-order valence-electron chi connectivity index (χ4n) is 4.04. The second kappa shape index (κ2) is 8.39. The van der Waals surface area contributed by atoms with Crippen molar-refractivity contribution in [2.75, 3.05) is 23.3 Å². The lowest BCUT2D eigenvalue weighted by atomic mass is 10.1. The van der Waals surface area contributed by atoms with E-state index in [1.165, 1.54) is 23.9 Å². The molecule has 0 radical (unpaired) electrons. The molecule has 1 amide bonds. The summed E-state index contributed by atoms with van der Waals surface area (Å²) in [5, 5.41) is 7.82. The summed E-state index contributed by atoms with van der Waals surface area (Å²) in [6, 6.07) is 5.58. The van der Waals surface area contributed by atoms with Crippen molar-refractivity contribution in [3.05, 3.63) is 39.5 Å². The van der Waals surface area contributed by atoms with Crippen molar-refractivity contribution >= 4 is 28.9 Å². The van der Waals surface area contributed by atoms with E-state index in [2.05, 4.69) is 15.3 Å². The van der Waals surface area contributed by atoms with Crippen LogP contribution in [0.4, 0.5) is 11.4 Å². The van der Waals surface area contributed by atoms with Gasteiger partial charge < -0.3 is 10.2 Å². The van der Waals surface area contributed by atoms with Gasteiger partial charge in [-0.3, -0.25) is 9.36 Å². The molecule has 7 nitrogen and oxygen atoms in total. The van der Waals surface area contributed by atoms with E-state index >= 15 is 0 Å². The van der Waals surface area contributed by atoms with Gasteiger partial charge in [0.2, 0.25) is 5.91 Å². The van der Waals surface area contributed by atoms with Crippen molar-refractivity contribution < 1.29 is 4.79 Å². The highest BCUT2D eigenvalue weighted by Gasteiger charge is 2.18. The first-order valence-electron chi connectivity index (χ1n) is 10.1. The molecule has 0 atom stereocenters. The van der Waals surface area contributed by atoms with Gasteiger partial charge in [-0.1, -0.05) is 18.0 Å². The summed E-state index contributed by atoms with van der Waals surface area (Å²) in [6.45, 7) is 2.62. The Hall–Kier alpha value is -2.28. The van der Waals surface area contributed by atoms with Gasteiger partial charge in [-0.05, 0) is 50.3 Å². The van der Waals surface area contributed by atoms with Crippen LogP contribution in [0.2, 0.25) is 5.02 Å². The van der Waals surface area contributed by atoms with Gasteiger partial charge in [0.1, 0.15) is 12.4 Å². The van der Waals surface area contributed by atoms with Crippen LogP contribution in [0.15, 0.2) is 23.0 Å². The highest BCUT2D eigenvalue weighted by Crippen LogP contribution is 2.30. The number of carbonyl (C=O) groups is 1. The first-order chi connectivity index (χ1) is 13.6. The number of aromatic nitrogens is 3. The summed E-state index contributed by atoms with van der Waals surface area (Å²) in [4.78, 5) is 27.2. The van der Waals surface area contributed by atoms with Crippen molar-refractivity contribution in [1.29, 1.82) is 0 Å². The van der Waals surface area contributed by atoms with Crippen LogP contribution in [0.5, 0.6) is 0 Å². The van der Waals surface area contributed by atoms with Gasteiger partial charge in [0, 0.05) is 31.7 Å². The van der Waals surface area contributed by atoms with E-state index in [1.54, 1.807) is 10.6 Å². The normalized spacial score (nSPS) is 17.1. The summed E-state index contributed by atoms with van der Waals surface area (Å²) in [7, 11) is 0. The van der Waals surface area contributed by atoms with Gasteiger partial charge >= 0.3 is 5.69 Å². The first kappa shape index (κ1) is 19.1. The number of benzene rings is 1. The van der Waals surface area contributed by atoms with Crippen LogP contribution < -0.4 is 15.9 Å². The van der Waals surface area contributed by atoms with Crippen LogP contribution in [-0.4, -0.2) is 33.3 Å². The molecule has 2 aliphatic heterocycles. The van der Waals surface area contributed by atoms with E-state index in [0.29, 0.717) is 17.3 Å². The second-order valence-corrected chi connectivity index (χ2v) is 7.99. The Morgan fingerprint density at radius 1 is 1.07 bits per heavy atom. The number of nitrogens with one attached hydrogen (secondary N) is 1. The number of nitrogens with zero attached hydrogens (tertiary/aromatic N) is 4. The number of hydrogen-bond acceptors (Lipinski definition) is 4. The first-order valence-corrected chi connectivity index (χ1v) is 10.5. The van der Waals surface area contributed by atoms with Gasteiger partial charge in [0.05, 0.1) is 10.7 Å². The fraction of sp³-hybridized carbons (Fsp3) is 0.550. The Bertz CT molecular complexity index is 914. The Morgan fingerprint density at radius 3 is 2.61 bits per heavy atom. The summed E-state index contributed by atoms with van der Waals surface area (Å²) >= 11 is 6.45. The molecule has 28 heavy (non-hydrogen) atoms. The topological polar surface area (TPSA) is 72.2 Å². The van der Waals surface area contributed by atoms with Gasteiger partial charge in [-0.25, -0.2) is 9.48 Å². The summed E-state index contributed by atoms with van der Waals surface area (Å²) in [6.07, 6.45) is 7.53. The Balaban J connectivity index is 1.43. The molecule has 8 heteroatoms. The van der Waals surface area contributed by atoms with Gasteiger partial charge in [0.25, 0.3) is 0 Å². The Labute approximate surface area is 169 Å². The van der Waals surface area contributed by atoms with Crippen LogP contribution in [0.1, 0.15) is 44.3 Å². The quantitative estimate of drug-likeness (QED) is 0.851. The van der Waals surface area contributed by atoms with Crippen molar-refractivity contribution in [2.24, 2.45) is 0 Å². The summed E-state index contributed by atoms with van der Waals surface area (Å²) in [5.74, 6) is 0.501. The number of carbonyl (C=O) groups excluding carboxylic acids is 1. The number of anilines is 2. The fourth-order valence-corrected chi connectivity index (χ4v) is 4.34. The number of piperidine rings is 1. The standard InChI is InChI=1S/C20H26ClN5O2/c21-16-13-15(8-9-17(16)24-10-4-2-5-11-24)22-19(27)14-26-20(28)25-12-6-1-3-7-18(25)23-26/h8-9,13H,1-7,10-12,14H2,(H,22,27). The second-order valence-electron chi connectivity index (χ2n) is 7.58. The third-order valence-corrected chi connectivity index (χ3v) is 5.81. The average Bonchev–Trinajstić information content (AvgIpc) is 2.85. The minimum Gasteiger partial charge on any atom is -0.370 e. The van der Waals surface area contributed by atoms with Crippen molar-refractivity contribution in [3.8, 4) is 0 Å². The molecule has 1 aromatic carbocycles. The van der Waals surface area contributed by atoms with Crippen LogP contribution in [-0.2, 0) is 24.3 Å². The van der Waals surface area contributed by atoms with E-state index in [9.17, 15) is 9.59 Å². The predicted molar refractivity (Wildman–Crippen MR) is 110 cm³/mol. The van der Waals surface area contributed by atoms with E-state index in [1.807, 2.05) is 12.1 Å². The largest absolute Gasteiger partial charge is 0.370 e. The maximum absolute atomic E-state index is 12.5. The van der Waals surface area contributed by atoms with Crippen molar-refractivity contribution in [1.82, 2.24) is 14.3 Å².